The van der Waals surface area contributed by atoms with Crippen molar-refractivity contribution in [3.63, 3.8) is 0 Å². The van der Waals surface area contributed by atoms with Crippen molar-refractivity contribution in [2.24, 2.45) is 0 Å². The first-order valence-corrected chi connectivity index (χ1v) is 11.9. The number of hydrogen-bond donors (Lipinski definition) is 1. The van der Waals surface area contributed by atoms with Crippen LogP contribution in [0.5, 0.6) is 5.75 Å². The Morgan fingerprint density at radius 2 is 1.39 bits per heavy atom. The first-order valence-electron chi connectivity index (χ1n) is 10.8. The molecule has 0 fully saturated rings. The van der Waals surface area contributed by atoms with E-state index in [1.54, 1.807) is 0 Å². The van der Waals surface area contributed by atoms with Crippen molar-refractivity contribution in [2.75, 3.05) is 0 Å². The number of ether oxygens (including phenoxy) is 1. The summed E-state index contributed by atoms with van der Waals surface area (Å²) in [5, 5.41) is 0. The Bertz CT molecular complexity index is 1040. The lowest BCUT2D eigenvalue weighted by Crippen LogP contribution is -2.26. The fraction of sp³-hybridized carbons (Fsp3) is 0.296. The van der Waals surface area contributed by atoms with Gasteiger partial charge in [-0.05, 0) is 42.9 Å². The Morgan fingerprint density at radius 3 is 1.82 bits per heavy atom. The standard InChI is InChI=1S/C15H21O5P.C12H10/c1-9-7-10(2)13(12(8-9)15(4,5)6)19-14(16)11(3)20-21(17)18;1-3-7-11(8-4-1)12-9-5-2-6-10-12/h7-8,11H,1-6H3;1-10H/p+1. The summed E-state index contributed by atoms with van der Waals surface area (Å²) in [4.78, 5) is 20.7. The van der Waals surface area contributed by atoms with Gasteiger partial charge in [0.2, 0.25) is 6.10 Å². The second-order valence-corrected chi connectivity index (χ2v) is 9.53. The van der Waals surface area contributed by atoms with E-state index in [1.165, 1.54) is 18.1 Å². The van der Waals surface area contributed by atoms with Crippen LogP contribution in [0.2, 0.25) is 0 Å². The lowest BCUT2D eigenvalue weighted by atomic mass is 9.84. The second kappa shape index (κ2) is 11.9. The summed E-state index contributed by atoms with van der Waals surface area (Å²) in [6, 6.07) is 24.7. The van der Waals surface area contributed by atoms with Crippen LogP contribution < -0.4 is 4.74 Å². The van der Waals surface area contributed by atoms with Crippen molar-refractivity contribution >= 4 is 14.2 Å². The first-order chi connectivity index (χ1) is 15.5. The maximum atomic E-state index is 12.0. The Balaban J connectivity index is 0.000000268. The molecule has 0 saturated carbocycles. The smallest absolute Gasteiger partial charge is 0.424 e. The molecule has 0 aliphatic heterocycles. The van der Waals surface area contributed by atoms with Gasteiger partial charge >= 0.3 is 14.2 Å². The second-order valence-electron chi connectivity index (χ2n) is 8.85. The van der Waals surface area contributed by atoms with E-state index in [4.69, 9.17) is 9.63 Å². The Labute approximate surface area is 197 Å². The van der Waals surface area contributed by atoms with Crippen LogP contribution in [0.3, 0.4) is 0 Å². The van der Waals surface area contributed by atoms with Gasteiger partial charge in [-0.15, -0.1) is 9.42 Å². The van der Waals surface area contributed by atoms with Gasteiger partial charge in [0, 0.05) is 10.1 Å². The van der Waals surface area contributed by atoms with Crippen molar-refractivity contribution in [3.05, 3.63) is 89.5 Å². The van der Waals surface area contributed by atoms with Crippen molar-refractivity contribution in [1.82, 2.24) is 0 Å². The van der Waals surface area contributed by atoms with E-state index in [0.29, 0.717) is 5.75 Å². The Kier molecular flexibility index (Phi) is 9.48. The number of rotatable bonds is 5. The molecular weight excluding hydrogens is 435 g/mol. The van der Waals surface area contributed by atoms with Gasteiger partial charge in [-0.1, -0.05) is 99.1 Å². The molecule has 0 spiro atoms. The quantitative estimate of drug-likeness (QED) is 0.251. The van der Waals surface area contributed by atoms with Gasteiger partial charge in [-0.2, -0.15) is 0 Å². The van der Waals surface area contributed by atoms with Gasteiger partial charge in [0.15, 0.2) is 0 Å². The molecule has 0 heterocycles. The third-order valence-electron chi connectivity index (χ3n) is 4.89. The molecule has 3 aromatic rings. The molecule has 1 N–H and O–H groups in total. The SMILES string of the molecule is Cc1cc(C)c(OC(=O)C(C)O[P+](=O)O)c(C(C)(C)C)c1.c1ccc(-c2ccccc2)cc1. The van der Waals surface area contributed by atoms with Crippen molar-refractivity contribution < 1.29 is 23.5 Å². The molecule has 0 bridgehead atoms. The number of esters is 1. The molecule has 33 heavy (non-hydrogen) atoms. The van der Waals surface area contributed by atoms with Crippen LogP contribution in [0, 0.1) is 13.8 Å². The van der Waals surface area contributed by atoms with Gasteiger partial charge in [0.25, 0.3) is 0 Å². The number of benzene rings is 3. The monoisotopic (exact) mass is 467 g/mol. The van der Waals surface area contributed by atoms with Crippen molar-refractivity contribution in [3.8, 4) is 16.9 Å². The average Bonchev–Trinajstić information content (AvgIpc) is 2.76. The van der Waals surface area contributed by atoms with E-state index >= 15 is 0 Å². The Morgan fingerprint density at radius 1 is 0.909 bits per heavy atom. The molecule has 3 aromatic carbocycles. The van der Waals surface area contributed by atoms with Gasteiger partial charge in [-0.3, -0.25) is 0 Å². The largest absolute Gasteiger partial charge is 0.695 e. The minimum atomic E-state index is -2.84. The molecule has 5 nitrogen and oxygen atoms in total. The fourth-order valence-electron chi connectivity index (χ4n) is 3.27. The molecule has 2 atom stereocenters. The predicted octanol–water partition coefficient (Wildman–Crippen LogP) is 6.91. The van der Waals surface area contributed by atoms with Crippen LogP contribution in [0.25, 0.3) is 11.1 Å². The number of carbonyl (C=O) groups excluding carboxylic acids is 1. The van der Waals surface area contributed by atoms with Crippen LogP contribution in [0.15, 0.2) is 72.8 Å². The van der Waals surface area contributed by atoms with Crippen LogP contribution in [-0.2, 0) is 19.3 Å². The molecule has 0 radical (unpaired) electrons. The number of carbonyl (C=O) groups is 1. The lowest BCUT2D eigenvalue weighted by molar-refractivity contribution is -0.141. The molecule has 0 amide bonds. The molecule has 0 aliphatic rings. The lowest BCUT2D eigenvalue weighted by Gasteiger charge is -2.24. The molecule has 0 saturated heterocycles. The minimum absolute atomic E-state index is 0.196. The predicted molar refractivity (Wildman–Crippen MR) is 133 cm³/mol. The van der Waals surface area contributed by atoms with Crippen LogP contribution in [0.1, 0.15) is 44.4 Å². The zero-order valence-corrected chi connectivity index (χ0v) is 20.9. The average molecular weight is 468 g/mol. The minimum Gasteiger partial charge on any atom is -0.424 e. The summed E-state index contributed by atoms with van der Waals surface area (Å²) in [7, 11) is -2.84. The third kappa shape index (κ3) is 8.21. The molecule has 3 rings (SSSR count). The van der Waals surface area contributed by atoms with Gasteiger partial charge in [0.1, 0.15) is 5.75 Å². The molecule has 6 heteroatoms. The highest BCUT2D eigenvalue weighted by molar-refractivity contribution is 7.32. The van der Waals surface area contributed by atoms with E-state index in [-0.39, 0.29) is 5.41 Å². The Hall–Kier alpha value is -2.85. The van der Waals surface area contributed by atoms with Gasteiger partial charge in [0.05, 0.1) is 0 Å². The third-order valence-corrected chi connectivity index (χ3v) is 5.39. The van der Waals surface area contributed by atoms with Crippen LogP contribution in [0.4, 0.5) is 0 Å². The first kappa shape index (κ1) is 26.4. The van der Waals surface area contributed by atoms with Crippen molar-refractivity contribution in [2.45, 2.75) is 53.1 Å². The summed E-state index contributed by atoms with van der Waals surface area (Å²) in [6.45, 7) is 11.3. The van der Waals surface area contributed by atoms with E-state index in [9.17, 15) is 9.36 Å². The van der Waals surface area contributed by atoms with Crippen LogP contribution >= 0.6 is 8.25 Å². The molecule has 2 unspecified atom stereocenters. The summed E-state index contributed by atoms with van der Waals surface area (Å²) in [6.07, 6.45) is -1.10. The molecule has 0 aliphatic carbocycles. The molecular formula is C27H32O5P+. The van der Waals surface area contributed by atoms with Crippen molar-refractivity contribution in [1.29, 1.82) is 0 Å². The summed E-state index contributed by atoms with van der Waals surface area (Å²) in [5.74, 6) is -0.202. The van der Waals surface area contributed by atoms with E-state index in [1.807, 2.05) is 58.9 Å². The molecule has 0 aromatic heterocycles. The maximum absolute atomic E-state index is 12.0. The topological polar surface area (TPSA) is 72.8 Å². The van der Waals surface area contributed by atoms with Crippen LogP contribution in [-0.4, -0.2) is 17.0 Å². The van der Waals surface area contributed by atoms with Gasteiger partial charge < -0.3 is 4.74 Å². The highest BCUT2D eigenvalue weighted by atomic mass is 31.1. The zero-order chi connectivity index (χ0) is 24.6. The summed E-state index contributed by atoms with van der Waals surface area (Å²) >= 11 is 0. The zero-order valence-electron chi connectivity index (χ0n) is 20.0. The van der Waals surface area contributed by atoms with E-state index in [0.717, 1.165) is 16.7 Å². The molecule has 174 valence electrons. The number of aryl methyl sites for hydroxylation is 2. The normalized spacial score (nSPS) is 12.3. The number of hydrogen-bond acceptors (Lipinski definition) is 4. The summed E-state index contributed by atoms with van der Waals surface area (Å²) < 4.78 is 20.6. The van der Waals surface area contributed by atoms with Gasteiger partial charge in [-0.25, -0.2) is 4.79 Å². The summed E-state index contributed by atoms with van der Waals surface area (Å²) in [5.41, 5.74) is 5.19. The fourth-order valence-corrected chi connectivity index (χ4v) is 3.63. The van der Waals surface area contributed by atoms with E-state index < -0.39 is 20.3 Å². The highest BCUT2D eigenvalue weighted by Crippen LogP contribution is 2.35. The maximum Gasteiger partial charge on any atom is 0.695 e. The van der Waals surface area contributed by atoms with E-state index in [2.05, 4.69) is 53.1 Å². The highest BCUT2D eigenvalue weighted by Gasteiger charge is 2.29.